The van der Waals surface area contributed by atoms with Crippen molar-refractivity contribution in [3.63, 3.8) is 0 Å². The molecule has 1 unspecified atom stereocenters. The Bertz CT molecular complexity index is 823. The highest BCUT2D eigenvalue weighted by molar-refractivity contribution is 5.98. The van der Waals surface area contributed by atoms with Gasteiger partial charge in [-0.1, -0.05) is 0 Å². The van der Waals surface area contributed by atoms with Crippen molar-refractivity contribution in [2.75, 3.05) is 19.5 Å². The minimum Gasteiger partial charge on any atom is -0.465 e. The van der Waals surface area contributed by atoms with Crippen molar-refractivity contribution in [1.29, 1.82) is 0 Å². The van der Waals surface area contributed by atoms with E-state index in [1.807, 2.05) is 0 Å². The van der Waals surface area contributed by atoms with E-state index < -0.39 is 22.8 Å². The summed E-state index contributed by atoms with van der Waals surface area (Å²) < 4.78 is 6.13. The number of hydrogen-bond acceptors (Lipinski definition) is 7. The van der Waals surface area contributed by atoms with Crippen molar-refractivity contribution in [1.82, 2.24) is 15.1 Å². The van der Waals surface area contributed by atoms with Gasteiger partial charge in [0, 0.05) is 36.6 Å². The van der Waals surface area contributed by atoms with Gasteiger partial charge < -0.3 is 15.4 Å². The fraction of sp³-hybridized carbons (Fsp3) is 0.267. The monoisotopic (exact) mass is 383 g/mol. The molecule has 0 saturated heterocycles. The molecule has 2 N–H and O–H groups in total. The van der Waals surface area contributed by atoms with E-state index in [-0.39, 0.29) is 29.3 Å². The summed E-state index contributed by atoms with van der Waals surface area (Å²) in [4.78, 5) is 34.5. The van der Waals surface area contributed by atoms with Crippen LogP contribution in [0.5, 0.6) is 0 Å². The van der Waals surface area contributed by atoms with Gasteiger partial charge in [-0.05, 0) is 13.1 Å². The first-order valence-electron chi connectivity index (χ1n) is 7.20. The first-order valence-corrected chi connectivity index (χ1v) is 7.20. The lowest BCUT2D eigenvalue weighted by Gasteiger charge is -2.15. The number of non-ortho nitro benzene ring substituents is 1. The van der Waals surface area contributed by atoms with E-state index in [4.69, 9.17) is 0 Å². The van der Waals surface area contributed by atoms with E-state index in [0.29, 0.717) is 5.56 Å². The van der Waals surface area contributed by atoms with Gasteiger partial charge in [0.15, 0.2) is 0 Å². The van der Waals surface area contributed by atoms with Crippen LogP contribution in [0.15, 0.2) is 30.6 Å². The summed E-state index contributed by atoms with van der Waals surface area (Å²) in [6.07, 6.45) is 3.21. The molecule has 0 aliphatic carbocycles. The Hall–Kier alpha value is -2.98. The highest BCUT2D eigenvalue weighted by Crippen LogP contribution is 2.23. The maximum Gasteiger partial charge on any atom is 0.338 e. The summed E-state index contributed by atoms with van der Waals surface area (Å²) >= 11 is 0. The lowest BCUT2D eigenvalue weighted by atomic mass is 10.1. The standard InChI is InChI=1S/C15H17N5O5.ClH/c1-16-13(10-7-17-19(2)8-10)14(21)18-11-4-9(15(22)25-3)5-12(6-11)20(23)24;/h4-8,13,16H,1-3H3,(H,18,21);1H. The number of hydrogen-bond donors (Lipinski definition) is 2. The number of amides is 1. The minimum atomic E-state index is -0.739. The highest BCUT2D eigenvalue weighted by atomic mass is 35.5. The second kappa shape index (κ2) is 8.92. The third-order valence-electron chi connectivity index (χ3n) is 3.43. The SMILES string of the molecule is CNC(C(=O)Nc1cc(C(=O)OC)cc([N+](=O)[O-])c1)c1cnn(C)c1.Cl. The van der Waals surface area contributed by atoms with Crippen molar-refractivity contribution in [2.45, 2.75) is 6.04 Å². The number of halogens is 1. The van der Waals surface area contributed by atoms with Crippen LogP contribution in [0.4, 0.5) is 11.4 Å². The van der Waals surface area contributed by atoms with Crippen LogP contribution in [0.3, 0.4) is 0 Å². The molecule has 1 heterocycles. The number of nitrogens with one attached hydrogen (secondary N) is 2. The molecule has 1 aromatic carbocycles. The van der Waals surface area contributed by atoms with Gasteiger partial charge >= 0.3 is 5.97 Å². The molecular formula is C15H18ClN5O5. The van der Waals surface area contributed by atoms with Gasteiger partial charge in [0.2, 0.25) is 5.91 Å². The maximum atomic E-state index is 12.5. The molecule has 2 aromatic rings. The predicted octanol–water partition coefficient (Wildman–Crippen LogP) is 1.44. The number of nitro groups is 1. The molecule has 0 aliphatic rings. The Morgan fingerprint density at radius 1 is 1.35 bits per heavy atom. The molecule has 0 bridgehead atoms. The Morgan fingerprint density at radius 2 is 2.04 bits per heavy atom. The third-order valence-corrected chi connectivity index (χ3v) is 3.43. The summed E-state index contributed by atoms with van der Waals surface area (Å²) in [5, 5.41) is 20.5. The van der Waals surface area contributed by atoms with Gasteiger partial charge in [0.05, 0.1) is 23.8 Å². The molecule has 10 nitrogen and oxygen atoms in total. The topological polar surface area (TPSA) is 128 Å². The maximum absolute atomic E-state index is 12.5. The van der Waals surface area contributed by atoms with Crippen LogP contribution in [0, 0.1) is 10.1 Å². The lowest BCUT2D eigenvalue weighted by molar-refractivity contribution is -0.384. The van der Waals surface area contributed by atoms with E-state index >= 15 is 0 Å². The van der Waals surface area contributed by atoms with Crippen LogP contribution >= 0.6 is 12.4 Å². The molecule has 0 spiro atoms. The fourth-order valence-electron chi connectivity index (χ4n) is 2.28. The third kappa shape index (κ3) is 4.77. The normalized spacial score (nSPS) is 11.2. The average molecular weight is 384 g/mol. The smallest absolute Gasteiger partial charge is 0.338 e. The van der Waals surface area contributed by atoms with Gasteiger partial charge in [-0.3, -0.25) is 19.6 Å². The molecule has 0 fully saturated rings. The number of nitrogens with zero attached hydrogens (tertiary/aromatic N) is 3. The van der Waals surface area contributed by atoms with Gasteiger partial charge in [-0.2, -0.15) is 5.10 Å². The van der Waals surface area contributed by atoms with Crippen molar-refractivity contribution in [3.8, 4) is 0 Å². The molecule has 1 aromatic heterocycles. The Labute approximate surface area is 155 Å². The fourth-order valence-corrected chi connectivity index (χ4v) is 2.28. The number of aryl methyl sites for hydroxylation is 1. The van der Waals surface area contributed by atoms with Crippen LogP contribution in [0.2, 0.25) is 0 Å². The summed E-state index contributed by atoms with van der Waals surface area (Å²) in [6, 6.07) is 2.85. The molecule has 0 saturated carbocycles. The number of nitro benzene ring substituents is 1. The number of carbonyl (C=O) groups is 2. The molecule has 2 rings (SSSR count). The zero-order valence-electron chi connectivity index (χ0n) is 14.3. The van der Waals surface area contributed by atoms with E-state index in [0.717, 1.165) is 6.07 Å². The predicted molar refractivity (Wildman–Crippen MR) is 95.3 cm³/mol. The van der Waals surface area contributed by atoms with Crippen molar-refractivity contribution in [2.24, 2.45) is 7.05 Å². The first kappa shape index (κ1) is 21.1. The van der Waals surface area contributed by atoms with E-state index in [1.54, 1.807) is 25.0 Å². The van der Waals surface area contributed by atoms with E-state index in [2.05, 4.69) is 20.5 Å². The second-order valence-electron chi connectivity index (χ2n) is 5.18. The van der Waals surface area contributed by atoms with Crippen LogP contribution in [-0.4, -0.2) is 40.7 Å². The molecule has 0 radical (unpaired) electrons. The molecule has 0 aliphatic heterocycles. The Kier molecular flexibility index (Phi) is 7.23. The zero-order valence-corrected chi connectivity index (χ0v) is 15.1. The number of methoxy groups -OCH3 is 1. The molecule has 1 amide bonds. The van der Waals surface area contributed by atoms with Crippen LogP contribution < -0.4 is 10.6 Å². The summed E-state index contributed by atoms with van der Waals surface area (Å²) in [5.74, 6) is -1.19. The minimum absolute atomic E-state index is 0. The molecule has 26 heavy (non-hydrogen) atoms. The second-order valence-corrected chi connectivity index (χ2v) is 5.18. The number of likely N-dealkylation sites (N-methyl/N-ethyl adjacent to an activating group) is 1. The van der Waals surface area contributed by atoms with Crippen molar-refractivity contribution >= 4 is 35.7 Å². The lowest BCUT2D eigenvalue weighted by Crippen LogP contribution is -2.30. The highest BCUT2D eigenvalue weighted by Gasteiger charge is 2.22. The molecule has 140 valence electrons. The van der Waals surface area contributed by atoms with Crippen molar-refractivity contribution < 1.29 is 19.2 Å². The molecular weight excluding hydrogens is 366 g/mol. The molecule has 11 heteroatoms. The number of aromatic nitrogens is 2. The number of benzene rings is 1. The number of ether oxygens (including phenoxy) is 1. The van der Waals surface area contributed by atoms with Gasteiger partial charge in [0.1, 0.15) is 6.04 Å². The van der Waals surface area contributed by atoms with Crippen LogP contribution in [0.1, 0.15) is 22.0 Å². The number of carbonyl (C=O) groups excluding carboxylic acids is 2. The average Bonchev–Trinajstić information content (AvgIpc) is 3.00. The largest absolute Gasteiger partial charge is 0.465 e. The Balaban J connectivity index is 0.00000338. The van der Waals surface area contributed by atoms with Gasteiger partial charge in [0.25, 0.3) is 5.69 Å². The summed E-state index contributed by atoms with van der Waals surface area (Å²) in [5.41, 5.74) is 0.375. The van der Waals surface area contributed by atoms with Crippen molar-refractivity contribution in [3.05, 3.63) is 51.8 Å². The Morgan fingerprint density at radius 3 is 2.54 bits per heavy atom. The summed E-state index contributed by atoms with van der Waals surface area (Å²) in [7, 11) is 4.49. The number of rotatable bonds is 6. The van der Waals surface area contributed by atoms with Gasteiger partial charge in [-0.15, -0.1) is 12.4 Å². The quantitative estimate of drug-likeness (QED) is 0.438. The number of esters is 1. The van der Waals surface area contributed by atoms with Crippen LogP contribution in [0.25, 0.3) is 0 Å². The zero-order chi connectivity index (χ0) is 18.6. The van der Waals surface area contributed by atoms with E-state index in [9.17, 15) is 19.7 Å². The van der Waals surface area contributed by atoms with Crippen LogP contribution in [-0.2, 0) is 16.6 Å². The van der Waals surface area contributed by atoms with Gasteiger partial charge in [-0.25, -0.2) is 4.79 Å². The number of anilines is 1. The van der Waals surface area contributed by atoms with E-state index in [1.165, 1.54) is 25.4 Å². The summed E-state index contributed by atoms with van der Waals surface area (Å²) in [6.45, 7) is 0. The first-order chi connectivity index (χ1) is 11.8. The molecule has 1 atom stereocenters.